The van der Waals surface area contributed by atoms with E-state index in [1.54, 1.807) is 0 Å². The van der Waals surface area contributed by atoms with E-state index in [0.717, 1.165) is 6.54 Å². The molecule has 0 aliphatic carbocycles. The van der Waals surface area contributed by atoms with Crippen molar-refractivity contribution in [2.75, 3.05) is 26.2 Å². The first-order valence-corrected chi connectivity index (χ1v) is 4.34. The average molecular weight is 173 g/mol. The smallest absolute Gasteiger partial charge is 0.233 e. The summed E-state index contributed by atoms with van der Waals surface area (Å²) in [5, 5.41) is 5.72. The van der Waals surface area contributed by atoms with Crippen LogP contribution in [0.1, 0.15) is 13.8 Å². The Balaban J connectivity index is 3.22. The van der Waals surface area contributed by atoms with Gasteiger partial charge in [0.1, 0.15) is 0 Å². The van der Waals surface area contributed by atoms with Crippen LogP contribution in [0.15, 0.2) is 0 Å². The van der Waals surface area contributed by atoms with Crippen LogP contribution < -0.4 is 16.4 Å². The molecule has 1 amide bonds. The molecule has 0 aliphatic heterocycles. The molecule has 0 heterocycles. The molecule has 0 aliphatic rings. The van der Waals surface area contributed by atoms with Crippen molar-refractivity contribution in [2.45, 2.75) is 13.8 Å². The number of amides is 1. The first-order valence-electron chi connectivity index (χ1n) is 4.34. The van der Waals surface area contributed by atoms with E-state index >= 15 is 0 Å². The van der Waals surface area contributed by atoms with E-state index in [1.165, 1.54) is 0 Å². The standard InChI is InChI=1S/C8H19N3O/c1-7(2)5-11-8(12)6-10-4-3-9/h7,10H,3-6,9H2,1-2H3,(H,11,12). The Morgan fingerprint density at radius 2 is 2.17 bits per heavy atom. The SMILES string of the molecule is CC(C)CNC(=O)CNCCN. The monoisotopic (exact) mass is 173 g/mol. The number of rotatable bonds is 6. The van der Waals surface area contributed by atoms with E-state index in [2.05, 4.69) is 24.5 Å². The molecule has 0 spiro atoms. The Hall–Kier alpha value is -0.610. The highest BCUT2D eigenvalue weighted by Crippen LogP contribution is 1.85. The Labute approximate surface area is 73.9 Å². The quantitative estimate of drug-likeness (QED) is 0.466. The fraction of sp³-hybridized carbons (Fsp3) is 0.875. The number of carbonyl (C=O) groups is 1. The van der Waals surface area contributed by atoms with E-state index < -0.39 is 0 Å². The van der Waals surface area contributed by atoms with Crippen LogP contribution in [-0.4, -0.2) is 32.1 Å². The van der Waals surface area contributed by atoms with Crippen LogP contribution in [0.2, 0.25) is 0 Å². The maximum atomic E-state index is 11.0. The summed E-state index contributed by atoms with van der Waals surface area (Å²) in [5.74, 6) is 0.542. The minimum Gasteiger partial charge on any atom is -0.355 e. The van der Waals surface area contributed by atoms with Gasteiger partial charge in [0.05, 0.1) is 6.54 Å². The highest BCUT2D eigenvalue weighted by Gasteiger charge is 1.99. The molecule has 0 saturated heterocycles. The summed E-state index contributed by atoms with van der Waals surface area (Å²) in [6.45, 7) is 6.49. The number of nitrogens with two attached hydrogens (primary N) is 1. The topological polar surface area (TPSA) is 67.2 Å². The lowest BCUT2D eigenvalue weighted by Crippen LogP contribution is -2.37. The molecule has 4 N–H and O–H groups in total. The van der Waals surface area contributed by atoms with Gasteiger partial charge in [-0.15, -0.1) is 0 Å². The highest BCUT2D eigenvalue weighted by molar-refractivity contribution is 5.77. The van der Waals surface area contributed by atoms with E-state index in [4.69, 9.17) is 5.73 Å². The van der Waals surface area contributed by atoms with Gasteiger partial charge in [-0.3, -0.25) is 4.79 Å². The molecule has 0 saturated carbocycles. The van der Waals surface area contributed by atoms with Gasteiger partial charge in [-0.05, 0) is 5.92 Å². The van der Waals surface area contributed by atoms with Crippen molar-refractivity contribution < 1.29 is 4.79 Å². The van der Waals surface area contributed by atoms with Crippen molar-refractivity contribution in [3.63, 3.8) is 0 Å². The van der Waals surface area contributed by atoms with E-state index in [9.17, 15) is 4.79 Å². The number of carbonyl (C=O) groups excluding carboxylic acids is 1. The third-order valence-corrected chi connectivity index (χ3v) is 1.31. The zero-order valence-corrected chi connectivity index (χ0v) is 7.89. The summed E-state index contributed by atoms with van der Waals surface area (Å²) in [6.07, 6.45) is 0. The predicted molar refractivity (Wildman–Crippen MR) is 49.8 cm³/mol. The fourth-order valence-electron chi connectivity index (χ4n) is 0.684. The van der Waals surface area contributed by atoms with Crippen molar-refractivity contribution in [2.24, 2.45) is 11.7 Å². The first-order chi connectivity index (χ1) is 5.66. The summed E-state index contributed by atoms with van der Waals surface area (Å²) >= 11 is 0. The van der Waals surface area contributed by atoms with Gasteiger partial charge in [-0.1, -0.05) is 13.8 Å². The van der Waals surface area contributed by atoms with Crippen LogP contribution >= 0.6 is 0 Å². The van der Waals surface area contributed by atoms with Gasteiger partial charge in [-0.25, -0.2) is 0 Å². The molecular formula is C8H19N3O. The second-order valence-corrected chi connectivity index (χ2v) is 3.16. The van der Waals surface area contributed by atoms with Gasteiger partial charge in [0.25, 0.3) is 0 Å². The fourth-order valence-corrected chi connectivity index (χ4v) is 0.684. The number of hydrogen-bond donors (Lipinski definition) is 3. The third kappa shape index (κ3) is 7.50. The van der Waals surface area contributed by atoms with E-state index in [0.29, 0.717) is 25.6 Å². The van der Waals surface area contributed by atoms with Crippen molar-refractivity contribution in [3.05, 3.63) is 0 Å². The number of nitrogens with one attached hydrogen (secondary N) is 2. The van der Waals surface area contributed by atoms with Gasteiger partial charge in [0.2, 0.25) is 5.91 Å². The zero-order chi connectivity index (χ0) is 9.40. The lowest BCUT2D eigenvalue weighted by molar-refractivity contribution is -0.120. The Morgan fingerprint density at radius 3 is 2.67 bits per heavy atom. The second-order valence-electron chi connectivity index (χ2n) is 3.16. The Kier molecular flexibility index (Phi) is 6.70. The summed E-state index contributed by atoms with van der Waals surface area (Å²) in [7, 11) is 0. The van der Waals surface area contributed by atoms with Crippen molar-refractivity contribution >= 4 is 5.91 Å². The van der Waals surface area contributed by atoms with Gasteiger partial charge >= 0.3 is 0 Å². The first kappa shape index (κ1) is 11.4. The third-order valence-electron chi connectivity index (χ3n) is 1.31. The Morgan fingerprint density at radius 1 is 1.50 bits per heavy atom. The zero-order valence-electron chi connectivity index (χ0n) is 7.89. The number of hydrogen-bond acceptors (Lipinski definition) is 3. The molecule has 0 aromatic rings. The summed E-state index contributed by atoms with van der Waals surface area (Å²) in [4.78, 5) is 11.0. The van der Waals surface area contributed by atoms with Crippen LogP contribution in [-0.2, 0) is 4.79 Å². The van der Waals surface area contributed by atoms with Crippen LogP contribution in [0.25, 0.3) is 0 Å². The molecule has 4 nitrogen and oxygen atoms in total. The molecule has 12 heavy (non-hydrogen) atoms. The van der Waals surface area contributed by atoms with Crippen molar-refractivity contribution in [1.29, 1.82) is 0 Å². The molecule has 0 aromatic carbocycles. The summed E-state index contributed by atoms with van der Waals surface area (Å²) in [6, 6.07) is 0. The molecule has 0 aromatic heterocycles. The molecule has 0 unspecified atom stereocenters. The van der Waals surface area contributed by atoms with E-state index in [1.807, 2.05) is 0 Å². The lowest BCUT2D eigenvalue weighted by Gasteiger charge is -2.07. The van der Waals surface area contributed by atoms with Crippen LogP contribution in [0.5, 0.6) is 0 Å². The van der Waals surface area contributed by atoms with Gasteiger partial charge in [0, 0.05) is 19.6 Å². The molecule has 0 fully saturated rings. The maximum absolute atomic E-state index is 11.0. The predicted octanol–water partition coefficient (Wildman–Crippen LogP) is -0.693. The highest BCUT2D eigenvalue weighted by atomic mass is 16.1. The maximum Gasteiger partial charge on any atom is 0.233 e. The van der Waals surface area contributed by atoms with Gasteiger partial charge in [0.15, 0.2) is 0 Å². The van der Waals surface area contributed by atoms with Crippen LogP contribution in [0, 0.1) is 5.92 Å². The minimum atomic E-state index is 0.0390. The van der Waals surface area contributed by atoms with Crippen LogP contribution in [0.3, 0.4) is 0 Å². The summed E-state index contributed by atoms with van der Waals surface area (Å²) < 4.78 is 0. The van der Waals surface area contributed by atoms with Crippen molar-refractivity contribution in [1.82, 2.24) is 10.6 Å². The van der Waals surface area contributed by atoms with Crippen LogP contribution in [0.4, 0.5) is 0 Å². The van der Waals surface area contributed by atoms with Crippen molar-refractivity contribution in [3.8, 4) is 0 Å². The summed E-state index contributed by atoms with van der Waals surface area (Å²) in [5.41, 5.74) is 5.24. The minimum absolute atomic E-state index is 0.0390. The second kappa shape index (κ2) is 7.06. The largest absolute Gasteiger partial charge is 0.355 e. The molecule has 0 bridgehead atoms. The van der Waals surface area contributed by atoms with Gasteiger partial charge < -0.3 is 16.4 Å². The molecule has 4 heteroatoms. The molecule has 72 valence electrons. The van der Waals surface area contributed by atoms with E-state index in [-0.39, 0.29) is 5.91 Å². The molecular weight excluding hydrogens is 154 g/mol. The Bertz CT molecular complexity index is 125. The lowest BCUT2D eigenvalue weighted by atomic mass is 10.2. The average Bonchev–Trinajstić information content (AvgIpc) is 2.01. The normalized spacial score (nSPS) is 10.3. The molecule has 0 radical (unpaired) electrons. The molecule has 0 atom stereocenters. The van der Waals surface area contributed by atoms with Gasteiger partial charge in [-0.2, -0.15) is 0 Å². The molecule has 0 rings (SSSR count).